The molecule has 3 aromatic carbocycles. The van der Waals surface area contributed by atoms with E-state index in [1.807, 2.05) is 67.6 Å². The van der Waals surface area contributed by atoms with Crippen LogP contribution in [0.3, 0.4) is 0 Å². The predicted octanol–water partition coefficient (Wildman–Crippen LogP) is 6.29. The molecule has 0 aliphatic carbocycles. The predicted molar refractivity (Wildman–Crippen MR) is 149 cm³/mol. The number of hydrogen-bond acceptors (Lipinski definition) is 5. The van der Waals surface area contributed by atoms with Gasteiger partial charge in [-0.3, -0.25) is 4.79 Å². The fourth-order valence-electron chi connectivity index (χ4n) is 3.86. The van der Waals surface area contributed by atoms with Gasteiger partial charge in [0.2, 0.25) is 0 Å². The number of carbonyl (C=O) groups is 1. The van der Waals surface area contributed by atoms with Crippen LogP contribution in [0.2, 0.25) is 5.02 Å². The van der Waals surface area contributed by atoms with E-state index in [9.17, 15) is 4.79 Å². The highest BCUT2D eigenvalue weighted by Gasteiger charge is 2.14. The number of nitrogens with zero attached hydrogens (tertiary/aromatic N) is 2. The molecule has 6 nitrogen and oxygen atoms in total. The lowest BCUT2D eigenvalue weighted by Gasteiger charge is -2.17. The van der Waals surface area contributed by atoms with Gasteiger partial charge in [-0.25, -0.2) is 5.43 Å². The molecule has 1 fully saturated rings. The summed E-state index contributed by atoms with van der Waals surface area (Å²) in [6.45, 7) is 4.88. The Morgan fingerprint density at radius 2 is 1.86 bits per heavy atom. The van der Waals surface area contributed by atoms with Gasteiger partial charge in [0.05, 0.1) is 16.4 Å². The smallest absolute Gasteiger partial charge is 0.271 e. The van der Waals surface area contributed by atoms with Crippen molar-refractivity contribution in [3.63, 3.8) is 0 Å². The molecule has 0 saturated carbocycles. The van der Waals surface area contributed by atoms with E-state index < -0.39 is 0 Å². The number of ether oxygens (including phenoxy) is 2. The van der Waals surface area contributed by atoms with Gasteiger partial charge in [-0.2, -0.15) is 5.10 Å². The van der Waals surface area contributed by atoms with Gasteiger partial charge >= 0.3 is 0 Å². The Hall–Kier alpha value is -2.78. The van der Waals surface area contributed by atoms with E-state index in [1.165, 1.54) is 12.8 Å². The van der Waals surface area contributed by atoms with Crippen LogP contribution in [-0.4, -0.2) is 31.8 Å². The van der Waals surface area contributed by atoms with Gasteiger partial charge in [-0.15, -0.1) is 0 Å². The molecule has 1 amide bonds. The molecule has 182 valence electrons. The Bertz CT molecular complexity index is 1190. The molecule has 1 saturated heterocycles. The van der Waals surface area contributed by atoms with Gasteiger partial charge in [0, 0.05) is 34.9 Å². The lowest BCUT2D eigenvalue weighted by atomic mass is 10.2. The van der Waals surface area contributed by atoms with Crippen molar-refractivity contribution in [2.45, 2.75) is 26.4 Å². The number of rotatable bonds is 9. The third-order valence-corrected chi connectivity index (χ3v) is 6.81. The molecule has 0 radical (unpaired) electrons. The van der Waals surface area contributed by atoms with Gasteiger partial charge in [0.25, 0.3) is 5.91 Å². The summed E-state index contributed by atoms with van der Waals surface area (Å²) in [4.78, 5) is 14.8. The van der Waals surface area contributed by atoms with E-state index in [4.69, 9.17) is 21.1 Å². The molecule has 0 atom stereocenters. The zero-order valence-electron chi connectivity index (χ0n) is 19.5. The van der Waals surface area contributed by atoms with Crippen LogP contribution in [0, 0.1) is 3.57 Å². The minimum Gasteiger partial charge on any atom is -0.490 e. The Morgan fingerprint density at radius 1 is 1.11 bits per heavy atom. The number of hydrogen-bond donors (Lipinski definition) is 1. The van der Waals surface area contributed by atoms with Crippen molar-refractivity contribution in [2.75, 3.05) is 24.6 Å². The summed E-state index contributed by atoms with van der Waals surface area (Å²) in [5, 5.41) is 4.80. The number of halogens is 2. The summed E-state index contributed by atoms with van der Waals surface area (Å²) < 4.78 is 12.7. The second-order valence-electron chi connectivity index (χ2n) is 8.08. The summed E-state index contributed by atoms with van der Waals surface area (Å²) in [6.07, 6.45) is 4.03. The van der Waals surface area contributed by atoms with E-state index in [0.717, 1.165) is 33.5 Å². The van der Waals surface area contributed by atoms with Crippen LogP contribution in [0.15, 0.2) is 65.8 Å². The van der Waals surface area contributed by atoms with Gasteiger partial charge in [0.15, 0.2) is 11.5 Å². The first-order valence-corrected chi connectivity index (χ1v) is 13.0. The average Bonchev–Trinajstić information content (AvgIpc) is 3.40. The molecule has 1 N–H and O–H groups in total. The molecule has 1 aliphatic rings. The Balaban J connectivity index is 1.41. The van der Waals surface area contributed by atoms with Gasteiger partial charge in [-0.1, -0.05) is 29.8 Å². The third-order valence-electron chi connectivity index (χ3n) is 5.64. The van der Waals surface area contributed by atoms with Crippen LogP contribution in [0.1, 0.15) is 41.3 Å². The van der Waals surface area contributed by atoms with Gasteiger partial charge < -0.3 is 14.4 Å². The zero-order chi connectivity index (χ0) is 24.6. The standard InChI is InChI=1S/C27H27ClIN3O3/c1-2-34-25-16-19(15-24(29)26(25)35-18-21-7-3-4-8-23(21)28)17-30-31-27(33)20-9-11-22(12-10-20)32-13-5-6-14-32/h3-4,7-12,15-17H,2,5-6,13-14,18H2,1H3,(H,31,33)/b30-17-. The molecule has 3 aromatic rings. The molecular formula is C27H27ClIN3O3. The third kappa shape index (κ3) is 6.67. The first-order chi connectivity index (χ1) is 17.0. The number of benzene rings is 3. The highest BCUT2D eigenvalue weighted by atomic mass is 127. The second kappa shape index (κ2) is 12.3. The zero-order valence-corrected chi connectivity index (χ0v) is 22.4. The van der Waals surface area contributed by atoms with E-state index in [0.29, 0.717) is 35.3 Å². The van der Waals surface area contributed by atoms with Crippen LogP contribution < -0.4 is 19.8 Å². The highest BCUT2D eigenvalue weighted by Crippen LogP contribution is 2.35. The molecule has 8 heteroatoms. The van der Waals surface area contributed by atoms with Crippen molar-refractivity contribution >= 4 is 52.0 Å². The maximum absolute atomic E-state index is 12.5. The van der Waals surface area contributed by atoms with E-state index in [2.05, 4.69) is 38.0 Å². The van der Waals surface area contributed by atoms with Gasteiger partial charge in [-0.05, 0) is 90.4 Å². The van der Waals surface area contributed by atoms with Crippen molar-refractivity contribution in [2.24, 2.45) is 5.10 Å². The number of carbonyl (C=O) groups excluding carboxylic acids is 1. The van der Waals surface area contributed by atoms with Crippen LogP contribution in [0.25, 0.3) is 0 Å². The van der Waals surface area contributed by atoms with Crippen LogP contribution >= 0.6 is 34.2 Å². The summed E-state index contributed by atoms with van der Waals surface area (Å²) in [6, 6.07) is 19.0. The number of amides is 1. The number of nitrogens with one attached hydrogen (secondary N) is 1. The normalized spacial score (nSPS) is 13.3. The minimum absolute atomic E-state index is 0.256. The van der Waals surface area contributed by atoms with Crippen molar-refractivity contribution < 1.29 is 14.3 Å². The largest absolute Gasteiger partial charge is 0.490 e. The van der Waals surface area contributed by atoms with Crippen molar-refractivity contribution in [3.8, 4) is 11.5 Å². The Morgan fingerprint density at radius 3 is 2.57 bits per heavy atom. The Labute approximate surface area is 224 Å². The molecule has 0 aromatic heterocycles. The van der Waals surface area contributed by atoms with Crippen molar-refractivity contribution in [3.05, 3.63) is 85.9 Å². The molecule has 4 rings (SSSR count). The van der Waals surface area contributed by atoms with Crippen LogP contribution in [-0.2, 0) is 6.61 Å². The lowest BCUT2D eigenvalue weighted by molar-refractivity contribution is 0.0955. The van der Waals surface area contributed by atoms with E-state index in [1.54, 1.807) is 6.21 Å². The number of hydrazone groups is 1. The molecule has 35 heavy (non-hydrogen) atoms. The fourth-order valence-corrected chi connectivity index (χ4v) is 4.83. The maximum Gasteiger partial charge on any atom is 0.271 e. The first-order valence-electron chi connectivity index (χ1n) is 11.6. The highest BCUT2D eigenvalue weighted by molar-refractivity contribution is 14.1. The van der Waals surface area contributed by atoms with E-state index in [-0.39, 0.29) is 5.91 Å². The van der Waals surface area contributed by atoms with Gasteiger partial charge in [0.1, 0.15) is 6.61 Å². The molecular weight excluding hydrogens is 577 g/mol. The van der Waals surface area contributed by atoms with E-state index >= 15 is 0 Å². The minimum atomic E-state index is -0.256. The quantitative estimate of drug-likeness (QED) is 0.178. The summed E-state index contributed by atoms with van der Waals surface area (Å²) in [7, 11) is 0. The molecule has 0 bridgehead atoms. The van der Waals surface area contributed by atoms with Crippen molar-refractivity contribution in [1.29, 1.82) is 0 Å². The SMILES string of the molecule is CCOc1cc(/C=N\NC(=O)c2ccc(N3CCCC3)cc2)cc(I)c1OCc1ccccc1Cl. The van der Waals surface area contributed by atoms with Crippen molar-refractivity contribution in [1.82, 2.24) is 5.43 Å². The van der Waals surface area contributed by atoms with Crippen LogP contribution in [0.5, 0.6) is 11.5 Å². The fraction of sp³-hybridized carbons (Fsp3) is 0.259. The first kappa shape index (κ1) is 25.3. The Kier molecular flexibility index (Phi) is 8.87. The number of anilines is 1. The monoisotopic (exact) mass is 603 g/mol. The molecule has 0 unspecified atom stereocenters. The summed E-state index contributed by atoms with van der Waals surface area (Å²) in [5.74, 6) is 0.997. The molecule has 1 aliphatic heterocycles. The second-order valence-corrected chi connectivity index (χ2v) is 9.65. The lowest BCUT2D eigenvalue weighted by Crippen LogP contribution is -2.19. The topological polar surface area (TPSA) is 63.2 Å². The summed E-state index contributed by atoms with van der Waals surface area (Å²) >= 11 is 8.46. The molecule has 0 spiro atoms. The molecule has 1 heterocycles. The average molecular weight is 604 g/mol. The maximum atomic E-state index is 12.5. The van der Waals surface area contributed by atoms with Crippen LogP contribution in [0.4, 0.5) is 5.69 Å². The summed E-state index contributed by atoms with van der Waals surface area (Å²) in [5.41, 5.74) is 6.00.